The largest absolute Gasteiger partial charge is 0.486 e. The van der Waals surface area contributed by atoms with E-state index in [1.807, 2.05) is 0 Å². The second-order valence-electron chi connectivity index (χ2n) is 4.37. The molecule has 1 heterocycles. The monoisotopic (exact) mass is 275 g/mol. The van der Waals surface area contributed by atoms with Crippen LogP contribution in [0.2, 0.25) is 0 Å². The van der Waals surface area contributed by atoms with Crippen LogP contribution in [0.25, 0.3) is 0 Å². The molecule has 106 valence electrons. The lowest BCUT2D eigenvalue weighted by molar-refractivity contribution is -0.136. The Morgan fingerprint density at radius 1 is 1.26 bits per heavy atom. The molecule has 1 aliphatic heterocycles. The molecule has 0 fully saturated rings. The van der Waals surface area contributed by atoms with Crippen LogP contribution in [0.1, 0.15) is 24.4 Å². The first-order valence-electron chi connectivity index (χ1n) is 6.14. The summed E-state index contributed by atoms with van der Waals surface area (Å²) >= 11 is 0. The van der Waals surface area contributed by atoms with Gasteiger partial charge in [0.1, 0.15) is 13.2 Å². The Balaban J connectivity index is 2.18. The first-order valence-corrected chi connectivity index (χ1v) is 6.14. The van der Waals surface area contributed by atoms with Gasteiger partial charge in [0, 0.05) is 18.0 Å². The summed E-state index contributed by atoms with van der Waals surface area (Å²) in [5, 5.41) is 2.91. The predicted octanol–water partition coefficient (Wildman–Crippen LogP) is 3.06. The maximum Gasteiger partial charge on any atom is 0.389 e. The Hall–Kier alpha value is -1.43. The van der Waals surface area contributed by atoms with Crippen molar-refractivity contribution in [2.24, 2.45) is 0 Å². The third-order valence-electron chi connectivity index (χ3n) is 3.04. The van der Waals surface area contributed by atoms with Crippen LogP contribution in [-0.4, -0.2) is 26.4 Å². The van der Waals surface area contributed by atoms with E-state index in [0.29, 0.717) is 30.3 Å². The summed E-state index contributed by atoms with van der Waals surface area (Å²) in [5.41, 5.74) is 0.712. The topological polar surface area (TPSA) is 30.5 Å². The Kier molecular flexibility index (Phi) is 4.19. The number of alkyl halides is 3. The lowest BCUT2D eigenvalue weighted by atomic mass is 10.00. The highest BCUT2D eigenvalue weighted by molar-refractivity contribution is 5.48. The highest BCUT2D eigenvalue weighted by Gasteiger charge is 2.30. The molecule has 6 heteroatoms. The van der Waals surface area contributed by atoms with E-state index in [0.717, 1.165) is 0 Å². The second-order valence-corrected chi connectivity index (χ2v) is 4.37. The SMILES string of the molecule is CNC(CCC(F)(F)F)c1cccc2c1OCCO2. The maximum atomic E-state index is 12.3. The van der Waals surface area contributed by atoms with Crippen LogP contribution in [0.4, 0.5) is 13.2 Å². The zero-order chi connectivity index (χ0) is 13.9. The molecule has 1 aromatic rings. The van der Waals surface area contributed by atoms with Crippen LogP contribution in [-0.2, 0) is 0 Å². The van der Waals surface area contributed by atoms with Gasteiger partial charge in [-0.1, -0.05) is 12.1 Å². The van der Waals surface area contributed by atoms with Gasteiger partial charge in [-0.25, -0.2) is 0 Å². The van der Waals surface area contributed by atoms with Gasteiger partial charge in [0.2, 0.25) is 0 Å². The molecule has 1 aromatic carbocycles. The maximum absolute atomic E-state index is 12.3. The van der Waals surface area contributed by atoms with Crippen molar-refractivity contribution in [3.05, 3.63) is 23.8 Å². The van der Waals surface area contributed by atoms with Crippen molar-refractivity contribution < 1.29 is 22.6 Å². The number of para-hydroxylation sites is 1. The van der Waals surface area contributed by atoms with Gasteiger partial charge < -0.3 is 14.8 Å². The summed E-state index contributed by atoms with van der Waals surface area (Å²) in [7, 11) is 1.64. The zero-order valence-corrected chi connectivity index (χ0v) is 10.6. The van der Waals surface area contributed by atoms with Gasteiger partial charge in [0.25, 0.3) is 0 Å². The van der Waals surface area contributed by atoms with Crippen molar-refractivity contribution in [2.45, 2.75) is 25.1 Å². The van der Waals surface area contributed by atoms with Gasteiger partial charge in [-0.15, -0.1) is 0 Å². The number of halogens is 3. The summed E-state index contributed by atoms with van der Waals surface area (Å²) in [6.07, 6.45) is -5.01. The van der Waals surface area contributed by atoms with E-state index in [2.05, 4.69) is 5.32 Å². The molecule has 0 radical (unpaired) electrons. The van der Waals surface area contributed by atoms with Gasteiger partial charge >= 0.3 is 6.18 Å². The highest BCUT2D eigenvalue weighted by Crippen LogP contribution is 2.39. The van der Waals surface area contributed by atoms with E-state index >= 15 is 0 Å². The Morgan fingerprint density at radius 2 is 2.00 bits per heavy atom. The molecule has 1 unspecified atom stereocenters. The average molecular weight is 275 g/mol. The van der Waals surface area contributed by atoms with Crippen molar-refractivity contribution in [1.82, 2.24) is 5.32 Å². The van der Waals surface area contributed by atoms with E-state index < -0.39 is 18.6 Å². The minimum Gasteiger partial charge on any atom is -0.486 e. The third-order valence-corrected chi connectivity index (χ3v) is 3.04. The fraction of sp³-hybridized carbons (Fsp3) is 0.538. The Morgan fingerprint density at radius 3 is 2.68 bits per heavy atom. The molecule has 2 rings (SSSR count). The normalized spacial score (nSPS) is 16.2. The number of fused-ring (bicyclic) bond motifs is 1. The number of hydrogen-bond donors (Lipinski definition) is 1. The van der Waals surface area contributed by atoms with E-state index in [-0.39, 0.29) is 6.42 Å². The Bertz CT molecular complexity index is 434. The van der Waals surface area contributed by atoms with Crippen LogP contribution in [0.15, 0.2) is 18.2 Å². The molecular weight excluding hydrogens is 259 g/mol. The molecule has 0 spiro atoms. The fourth-order valence-corrected chi connectivity index (χ4v) is 2.13. The molecule has 0 saturated carbocycles. The van der Waals surface area contributed by atoms with Crippen molar-refractivity contribution in [3.8, 4) is 11.5 Å². The van der Waals surface area contributed by atoms with Crippen molar-refractivity contribution in [2.75, 3.05) is 20.3 Å². The molecule has 3 nitrogen and oxygen atoms in total. The van der Waals surface area contributed by atoms with Crippen LogP contribution < -0.4 is 14.8 Å². The second kappa shape index (κ2) is 5.69. The molecule has 1 N–H and O–H groups in total. The molecule has 1 atom stereocenters. The molecule has 0 saturated heterocycles. The summed E-state index contributed by atoms with van der Waals surface area (Å²) < 4.78 is 47.9. The van der Waals surface area contributed by atoms with Crippen LogP contribution in [0, 0.1) is 0 Å². The fourth-order valence-electron chi connectivity index (χ4n) is 2.13. The summed E-state index contributed by atoms with van der Waals surface area (Å²) in [4.78, 5) is 0. The standard InChI is InChI=1S/C13H16F3NO2/c1-17-10(5-6-13(14,15)16)9-3-2-4-11-12(9)19-8-7-18-11/h2-4,10,17H,5-8H2,1H3. The van der Waals surface area contributed by atoms with Gasteiger partial charge in [0.05, 0.1) is 0 Å². The summed E-state index contributed by atoms with van der Waals surface area (Å²) in [6.45, 7) is 0.878. The quantitative estimate of drug-likeness (QED) is 0.916. The predicted molar refractivity (Wildman–Crippen MR) is 64.5 cm³/mol. The number of ether oxygens (including phenoxy) is 2. The molecule has 19 heavy (non-hydrogen) atoms. The van der Waals surface area contributed by atoms with Crippen LogP contribution in [0.3, 0.4) is 0 Å². The first-order chi connectivity index (χ1) is 9.01. The Labute approximate surface area is 109 Å². The molecule has 0 amide bonds. The van der Waals surface area contributed by atoms with Crippen LogP contribution >= 0.6 is 0 Å². The van der Waals surface area contributed by atoms with Crippen molar-refractivity contribution >= 4 is 0 Å². The van der Waals surface area contributed by atoms with E-state index in [1.165, 1.54) is 0 Å². The van der Waals surface area contributed by atoms with Gasteiger partial charge in [-0.05, 0) is 19.5 Å². The van der Waals surface area contributed by atoms with Crippen LogP contribution in [0.5, 0.6) is 11.5 Å². The highest BCUT2D eigenvalue weighted by atomic mass is 19.4. The van der Waals surface area contributed by atoms with Gasteiger partial charge in [-0.3, -0.25) is 0 Å². The number of nitrogens with one attached hydrogen (secondary N) is 1. The molecular formula is C13H16F3NO2. The smallest absolute Gasteiger partial charge is 0.389 e. The van der Waals surface area contributed by atoms with Gasteiger partial charge in [-0.2, -0.15) is 13.2 Å². The number of benzene rings is 1. The molecule has 0 bridgehead atoms. The van der Waals surface area contributed by atoms with Gasteiger partial charge in [0.15, 0.2) is 11.5 Å². The zero-order valence-electron chi connectivity index (χ0n) is 10.6. The number of hydrogen-bond acceptors (Lipinski definition) is 3. The molecule has 0 aromatic heterocycles. The molecule has 0 aliphatic carbocycles. The number of rotatable bonds is 4. The minimum atomic E-state index is -4.15. The lowest BCUT2D eigenvalue weighted by Gasteiger charge is -2.25. The van der Waals surface area contributed by atoms with Crippen molar-refractivity contribution in [3.63, 3.8) is 0 Å². The lowest BCUT2D eigenvalue weighted by Crippen LogP contribution is -2.23. The summed E-state index contributed by atoms with van der Waals surface area (Å²) in [5.74, 6) is 1.14. The van der Waals surface area contributed by atoms with E-state index in [1.54, 1.807) is 25.2 Å². The first kappa shape index (κ1) is 14.0. The van der Waals surface area contributed by atoms with E-state index in [9.17, 15) is 13.2 Å². The molecule has 1 aliphatic rings. The third kappa shape index (κ3) is 3.53. The van der Waals surface area contributed by atoms with E-state index in [4.69, 9.17) is 9.47 Å². The summed E-state index contributed by atoms with van der Waals surface area (Å²) in [6, 6.07) is 4.89. The minimum absolute atomic E-state index is 0.0280. The van der Waals surface area contributed by atoms with Crippen molar-refractivity contribution in [1.29, 1.82) is 0 Å². The average Bonchev–Trinajstić information content (AvgIpc) is 2.38.